The number of nitrogens with one attached hydrogen (secondary N) is 2. The number of furan rings is 1. The van der Waals surface area contributed by atoms with E-state index in [4.69, 9.17) is 4.42 Å². The second-order valence-corrected chi connectivity index (χ2v) is 10.6. The summed E-state index contributed by atoms with van der Waals surface area (Å²) in [5, 5.41) is 6.59. The van der Waals surface area contributed by atoms with Crippen LogP contribution in [0.5, 0.6) is 0 Å². The van der Waals surface area contributed by atoms with Crippen molar-refractivity contribution >= 4 is 32.6 Å². The fourth-order valence-corrected chi connectivity index (χ4v) is 5.35. The van der Waals surface area contributed by atoms with Crippen LogP contribution in [0.1, 0.15) is 35.2 Å². The second-order valence-electron chi connectivity index (χ2n) is 9.00. The number of fused-ring (bicyclic) bond motifs is 2. The first-order valence-electron chi connectivity index (χ1n) is 11.9. The molecule has 0 radical (unpaired) electrons. The molecule has 0 aliphatic heterocycles. The number of aryl methyl sites for hydroxylation is 1. The molecule has 2 heterocycles. The van der Waals surface area contributed by atoms with E-state index in [-0.39, 0.29) is 6.54 Å². The molecule has 1 aliphatic rings. The third-order valence-corrected chi connectivity index (χ3v) is 7.50. The number of rotatable bonds is 6. The Labute approximate surface area is 220 Å². The van der Waals surface area contributed by atoms with E-state index in [2.05, 4.69) is 10.4 Å². The van der Waals surface area contributed by atoms with Crippen LogP contribution in [-0.2, 0) is 29.2 Å². The third kappa shape index (κ3) is 5.67. The van der Waals surface area contributed by atoms with Crippen molar-refractivity contribution in [3.63, 3.8) is 0 Å². The lowest BCUT2D eigenvalue weighted by Crippen LogP contribution is -2.40. The Hall–Kier alpha value is -4.13. The molecule has 2 aromatic carbocycles. The van der Waals surface area contributed by atoms with Crippen molar-refractivity contribution in [2.45, 2.75) is 37.1 Å². The molecule has 2 aromatic heterocycles. The lowest BCUT2D eigenvalue weighted by molar-refractivity contribution is -0.137. The van der Waals surface area contributed by atoms with Crippen molar-refractivity contribution in [1.29, 1.82) is 0 Å². The fraction of sp³-hybridized carbons (Fsp3) is 0.231. The van der Waals surface area contributed by atoms with Crippen LogP contribution in [0.15, 0.2) is 76.1 Å². The number of carbonyl (C=O) groups is 1. The summed E-state index contributed by atoms with van der Waals surface area (Å²) >= 11 is 0. The molecule has 2 N–H and O–H groups in total. The lowest BCUT2D eigenvalue weighted by atomic mass is 9.92. The minimum Gasteiger partial charge on any atom is -0.443 e. The van der Waals surface area contributed by atoms with Gasteiger partial charge in [-0.2, -0.15) is 26.7 Å². The van der Waals surface area contributed by atoms with Crippen molar-refractivity contribution in [1.82, 2.24) is 19.8 Å². The molecule has 0 spiro atoms. The first-order chi connectivity index (χ1) is 18.5. The molecule has 39 heavy (non-hydrogen) atoms. The third-order valence-electron chi connectivity index (χ3n) is 6.31. The first-order valence-corrected chi connectivity index (χ1v) is 13.4. The van der Waals surface area contributed by atoms with Crippen LogP contribution < -0.4 is 10.0 Å². The summed E-state index contributed by atoms with van der Waals surface area (Å²) in [6.07, 6.45) is -1.24. The molecule has 0 fully saturated rings. The number of aromatic nitrogens is 2. The van der Waals surface area contributed by atoms with E-state index in [1.54, 1.807) is 35.2 Å². The summed E-state index contributed by atoms with van der Waals surface area (Å²) in [5.74, 6) is -0.679. The van der Waals surface area contributed by atoms with Gasteiger partial charge in [-0.05, 0) is 48.6 Å². The number of benzene rings is 2. The highest BCUT2D eigenvalue weighted by atomic mass is 32.2. The smallest absolute Gasteiger partial charge is 0.416 e. The van der Waals surface area contributed by atoms with Gasteiger partial charge in [-0.1, -0.05) is 30.3 Å². The molecule has 0 saturated carbocycles. The molecule has 13 heteroatoms. The van der Waals surface area contributed by atoms with Crippen molar-refractivity contribution in [3.8, 4) is 0 Å². The van der Waals surface area contributed by atoms with Crippen LogP contribution in [0, 0.1) is 0 Å². The van der Waals surface area contributed by atoms with Gasteiger partial charge in [0.25, 0.3) is 10.0 Å². The molecule has 0 saturated heterocycles. The maximum atomic E-state index is 15.3. The largest absolute Gasteiger partial charge is 0.443 e. The second kappa shape index (κ2) is 10.2. The van der Waals surface area contributed by atoms with Crippen molar-refractivity contribution in [2.75, 3.05) is 6.54 Å². The van der Waals surface area contributed by atoms with Gasteiger partial charge in [0.15, 0.2) is 0 Å². The summed E-state index contributed by atoms with van der Waals surface area (Å²) in [6, 6.07) is 11.4. The fourth-order valence-electron chi connectivity index (χ4n) is 4.45. The summed E-state index contributed by atoms with van der Waals surface area (Å²) in [5.41, 5.74) is 1.67. The number of carbonyl (C=O) groups excluding carboxylic acids is 1. The number of sulfonamides is 1. The normalized spacial score (nSPS) is 15.2. The highest BCUT2D eigenvalue weighted by Gasteiger charge is 2.30. The number of urea groups is 1. The van der Waals surface area contributed by atoms with Gasteiger partial charge in [0, 0.05) is 17.0 Å². The number of amides is 2. The Morgan fingerprint density at radius 1 is 1.08 bits per heavy atom. The van der Waals surface area contributed by atoms with Crippen LogP contribution in [0.4, 0.5) is 22.4 Å². The highest BCUT2D eigenvalue weighted by Crippen LogP contribution is 2.34. The molecule has 0 unspecified atom stereocenters. The number of halogens is 4. The number of alkyl halides is 3. The average Bonchev–Trinajstić information content (AvgIpc) is 3.52. The van der Waals surface area contributed by atoms with E-state index in [0.717, 1.165) is 17.7 Å². The summed E-state index contributed by atoms with van der Waals surface area (Å²) in [4.78, 5) is 12.3. The molecule has 1 aliphatic carbocycles. The molecule has 8 nitrogen and oxygen atoms in total. The molecular formula is C26H22F4N4O4S. The minimum absolute atomic E-state index is 0.119. The molecule has 204 valence electrons. The van der Waals surface area contributed by atoms with Gasteiger partial charge in [-0.15, -0.1) is 0 Å². The summed E-state index contributed by atoms with van der Waals surface area (Å²) < 4.78 is 87.6. The number of hydrogen-bond acceptors (Lipinski definition) is 5. The van der Waals surface area contributed by atoms with E-state index >= 15 is 4.39 Å². The van der Waals surface area contributed by atoms with Crippen molar-refractivity contribution < 1.29 is 35.2 Å². The van der Waals surface area contributed by atoms with Crippen LogP contribution in [0.25, 0.3) is 16.5 Å². The Balaban J connectivity index is 1.29. The van der Waals surface area contributed by atoms with E-state index in [9.17, 15) is 26.4 Å². The molecule has 5 rings (SSSR count). The van der Waals surface area contributed by atoms with Gasteiger partial charge in [0.1, 0.15) is 11.4 Å². The van der Waals surface area contributed by atoms with Gasteiger partial charge in [0.2, 0.25) is 5.09 Å². The maximum Gasteiger partial charge on any atom is 0.416 e. The molecule has 0 bridgehead atoms. The van der Waals surface area contributed by atoms with Crippen LogP contribution in [-0.4, -0.2) is 30.8 Å². The monoisotopic (exact) mass is 562 g/mol. The zero-order valence-electron chi connectivity index (χ0n) is 20.3. The van der Waals surface area contributed by atoms with Gasteiger partial charge >= 0.3 is 12.2 Å². The minimum atomic E-state index is -4.45. The SMILES string of the molecule is O=C(NC/C(F)=C1\CCCc2cnn(Cc3ccc(C(F)(F)F)cc3)c21)NS(=O)(=O)c1cc2ccccc2o1. The molecular weight excluding hydrogens is 540 g/mol. The Morgan fingerprint density at radius 2 is 1.82 bits per heavy atom. The van der Waals surface area contributed by atoms with E-state index in [1.165, 1.54) is 22.9 Å². The van der Waals surface area contributed by atoms with Gasteiger partial charge in [-0.25, -0.2) is 13.9 Å². The van der Waals surface area contributed by atoms with Crippen molar-refractivity contribution in [3.05, 3.63) is 89.0 Å². The molecule has 2 amide bonds. The molecule has 4 aromatic rings. The highest BCUT2D eigenvalue weighted by molar-refractivity contribution is 7.89. The Kier molecular flexibility index (Phi) is 6.93. The Morgan fingerprint density at radius 3 is 2.54 bits per heavy atom. The predicted molar refractivity (Wildman–Crippen MR) is 134 cm³/mol. The standard InChI is InChI=1S/C26H22F4N4O4S/c27-21(14-31-25(35)33-39(36,37)23-12-17-4-1-2-7-22(17)38-23)20-6-3-5-18-13-32-34(24(18)20)15-16-8-10-19(11-9-16)26(28,29)30/h1-2,4,7-13H,3,5-6,14-15H2,(H2,31,33,35)/b21-20-. The van der Waals surface area contributed by atoms with Crippen LogP contribution >= 0.6 is 0 Å². The first kappa shape index (κ1) is 26.5. The Bertz CT molecular complexity index is 1640. The number of nitrogens with zero attached hydrogens (tertiary/aromatic N) is 2. The van der Waals surface area contributed by atoms with Crippen LogP contribution in [0.2, 0.25) is 0 Å². The van der Waals surface area contributed by atoms with Crippen LogP contribution in [0.3, 0.4) is 0 Å². The van der Waals surface area contributed by atoms with E-state index in [1.807, 2.05) is 0 Å². The van der Waals surface area contributed by atoms with Gasteiger partial charge < -0.3 is 9.73 Å². The van der Waals surface area contributed by atoms with E-state index < -0.39 is 45.3 Å². The predicted octanol–water partition coefficient (Wildman–Crippen LogP) is 5.40. The average molecular weight is 563 g/mol. The lowest BCUT2D eigenvalue weighted by Gasteiger charge is -2.19. The summed E-state index contributed by atoms with van der Waals surface area (Å²) in [7, 11) is -4.34. The molecule has 0 atom stereocenters. The zero-order valence-corrected chi connectivity index (χ0v) is 21.1. The number of allylic oxidation sites excluding steroid dienone is 1. The number of hydrogen-bond donors (Lipinski definition) is 2. The topological polar surface area (TPSA) is 106 Å². The number of para-hydroxylation sites is 1. The summed E-state index contributed by atoms with van der Waals surface area (Å²) in [6.45, 7) is -0.463. The van der Waals surface area contributed by atoms with E-state index in [0.29, 0.717) is 47.1 Å². The van der Waals surface area contributed by atoms with Gasteiger partial charge in [0.05, 0.1) is 30.5 Å². The maximum absolute atomic E-state index is 15.3. The zero-order chi connectivity index (χ0) is 27.8. The van der Waals surface area contributed by atoms with Crippen molar-refractivity contribution in [2.24, 2.45) is 0 Å². The quantitative estimate of drug-likeness (QED) is 0.306. The van der Waals surface area contributed by atoms with Gasteiger partial charge in [-0.3, -0.25) is 4.68 Å².